The summed E-state index contributed by atoms with van der Waals surface area (Å²) in [5.41, 5.74) is 2.42. The molecule has 1 amide bonds. The third-order valence-corrected chi connectivity index (χ3v) is 6.96. The van der Waals surface area contributed by atoms with E-state index in [0.717, 1.165) is 28.5 Å². The van der Waals surface area contributed by atoms with Crippen LogP contribution in [0.25, 0.3) is 0 Å². The minimum atomic E-state index is -0.288. The molecule has 0 saturated carbocycles. The van der Waals surface area contributed by atoms with Crippen LogP contribution in [-0.2, 0) is 6.42 Å². The van der Waals surface area contributed by atoms with Crippen LogP contribution >= 0.6 is 11.5 Å². The highest BCUT2D eigenvalue weighted by molar-refractivity contribution is 7.07. The Morgan fingerprint density at radius 2 is 1.66 bits per heavy atom. The van der Waals surface area contributed by atoms with Gasteiger partial charge in [0.2, 0.25) is 0 Å². The van der Waals surface area contributed by atoms with Crippen molar-refractivity contribution in [3.8, 4) is 22.4 Å². The van der Waals surface area contributed by atoms with Gasteiger partial charge >= 0.3 is 0 Å². The van der Waals surface area contributed by atoms with E-state index in [1.165, 1.54) is 12.1 Å². The number of methoxy groups -OCH3 is 2. The van der Waals surface area contributed by atoms with Crippen molar-refractivity contribution < 1.29 is 23.4 Å². The van der Waals surface area contributed by atoms with Crippen LogP contribution in [-0.4, -0.2) is 60.6 Å². The molecule has 1 saturated heterocycles. The molecule has 1 aromatic heterocycles. The van der Waals surface area contributed by atoms with Crippen LogP contribution in [0.5, 0.6) is 22.4 Å². The number of rotatable bonds is 8. The first kappa shape index (κ1) is 25.5. The first-order chi connectivity index (χ1) is 18.5. The van der Waals surface area contributed by atoms with Gasteiger partial charge in [-0.05, 0) is 48.0 Å². The number of carbonyl (C=O) groups excluding carboxylic acids is 1. The highest BCUT2D eigenvalue weighted by Crippen LogP contribution is 2.34. The van der Waals surface area contributed by atoms with E-state index >= 15 is 0 Å². The number of halogens is 1. The molecule has 38 heavy (non-hydrogen) atoms. The lowest BCUT2D eigenvalue weighted by atomic mass is 10.1. The lowest BCUT2D eigenvalue weighted by molar-refractivity contribution is 0.0746. The molecule has 0 unspecified atom stereocenters. The number of aromatic nitrogens is 2. The van der Waals surface area contributed by atoms with Gasteiger partial charge in [-0.1, -0.05) is 24.3 Å². The van der Waals surface area contributed by atoms with E-state index in [2.05, 4.69) is 14.3 Å². The Hall–Kier alpha value is -4.18. The molecule has 196 valence electrons. The van der Waals surface area contributed by atoms with E-state index in [-0.39, 0.29) is 11.7 Å². The summed E-state index contributed by atoms with van der Waals surface area (Å²) in [6, 6.07) is 19.2. The van der Waals surface area contributed by atoms with Crippen molar-refractivity contribution >= 4 is 23.1 Å². The Balaban J connectivity index is 1.26. The monoisotopic (exact) mass is 534 g/mol. The van der Waals surface area contributed by atoms with Crippen LogP contribution < -0.4 is 19.1 Å². The Morgan fingerprint density at radius 1 is 0.921 bits per heavy atom. The third kappa shape index (κ3) is 5.70. The summed E-state index contributed by atoms with van der Waals surface area (Å²) in [6.07, 6.45) is 0.455. The van der Waals surface area contributed by atoms with Crippen molar-refractivity contribution in [2.45, 2.75) is 6.42 Å². The number of hydrogen-bond donors (Lipinski definition) is 0. The zero-order valence-corrected chi connectivity index (χ0v) is 21.9. The van der Waals surface area contributed by atoms with E-state index in [1.807, 2.05) is 29.2 Å². The van der Waals surface area contributed by atoms with Gasteiger partial charge in [-0.3, -0.25) is 4.79 Å². The van der Waals surface area contributed by atoms with Gasteiger partial charge in [0.25, 0.3) is 11.1 Å². The van der Waals surface area contributed by atoms with Gasteiger partial charge in [0.15, 0.2) is 17.3 Å². The van der Waals surface area contributed by atoms with E-state index in [1.54, 1.807) is 44.6 Å². The summed E-state index contributed by atoms with van der Waals surface area (Å²) >= 11 is 1.11. The molecule has 0 atom stereocenters. The van der Waals surface area contributed by atoms with Gasteiger partial charge in [-0.25, -0.2) is 4.39 Å². The summed E-state index contributed by atoms with van der Waals surface area (Å²) in [6.45, 7) is 2.57. The standard InChI is InChI=1S/C28H27FN4O4S/c1-35-23-6-4-3-5-22(23)32-13-15-33(16-14-32)27(34)20-9-12-24(36-2)25(18-20)37-28-30-26(31-38-28)17-19-7-10-21(29)11-8-19/h3-12,18H,13-17H2,1-2H3. The Bertz CT molecular complexity index is 1400. The molecule has 1 aliphatic rings. The molecule has 0 bridgehead atoms. The lowest BCUT2D eigenvalue weighted by Gasteiger charge is -2.36. The fourth-order valence-corrected chi connectivity index (χ4v) is 4.91. The molecule has 5 rings (SSSR count). The molecule has 0 radical (unpaired) electrons. The van der Waals surface area contributed by atoms with Gasteiger partial charge in [0.1, 0.15) is 11.6 Å². The molecule has 10 heteroatoms. The maximum atomic E-state index is 13.3. The number of piperazine rings is 1. The van der Waals surface area contributed by atoms with Gasteiger partial charge < -0.3 is 24.0 Å². The molecule has 0 spiro atoms. The topological polar surface area (TPSA) is 77.0 Å². The number of amides is 1. The second-order valence-corrected chi connectivity index (χ2v) is 9.41. The zero-order chi connectivity index (χ0) is 26.5. The molecule has 1 aliphatic heterocycles. The van der Waals surface area contributed by atoms with Crippen molar-refractivity contribution in [1.29, 1.82) is 0 Å². The molecule has 4 aromatic rings. The van der Waals surface area contributed by atoms with Gasteiger partial charge in [0.05, 0.1) is 19.9 Å². The van der Waals surface area contributed by atoms with E-state index in [0.29, 0.717) is 60.7 Å². The quantitative estimate of drug-likeness (QED) is 0.313. The smallest absolute Gasteiger partial charge is 0.298 e. The molecule has 2 heterocycles. The van der Waals surface area contributed by atoms with E-state index in [9.17, 15) is 9.18 Å². The summed E-state index contributed by atoms with van der Waals surface area (Å²) in [5, 5.41) is 0.329. The molecule has 8 nitrogen and oxygen atoms in total. The minimum absolute atomic E-state index is 0.0774. The van der Waals surface area contributed by atoms with Crippen LogP contribution in [0, 0.1) is 5.82 Å². The van der Waals surface area contributed by atoms with Crippen LogP contribution in [0.2, 0.25) is 0 Å². The second kappa shape index (κ2) is 11.5. The van der Waals surface area contributed by atoms with Crippen LogP contribution in [0.3, 0.4) is 0 Å². The molecule has 0 aliphatic carbocycles. The fourth-order valence-electron chi connectivity index (χ4n) is 4.34. The number of hydrogen-bond acceptors (Lipinski definition) is 8. The van der Waals surface area contributed by atoms with E-state index in [4.69, 9.17) is 14.2 Å². The van der Waals surface area contributed by atoms with Gasteiger partial charge in [0, 0.05) is 49.7 Å². The number of anilines is 1. The molecular formula is C28H27FN4O4S. The van der Waals surface area contributed by atoms with Gasteiger partial charge in [-0.2, -0.15) is 9.36 Å². The summed E-state index contributed by atoms with van der Waals surface area (Å²) in [7, 11) is 3.21. The maximum Gasteiger partial charge on any atom is 0.298 e. The van der Waals surface area contributed by atoms with E-state index < -0.39 is 0 Å². The predicted octanol–water partition coefficient (Wildman–Crippen LogP) is 5.04. The number of ether oxygens (including phenoxy) is 3. The van der Waals surface area contributed by atoms with Crippen LogP contribution in [0.4, 0.5) is 10.1 Å². The summed E-state index contributed by atoms with van der Waals surface area (Å²) in [5.74, 6) is 1.89. The highest BCUT2D eigenvalue weighted by atomic mass is 32.1. The van der Waals surface area contributed by atoms with Crippen molar-refractivity contribution in [1.82, 2.24) is 14.3 Å². The first-order valence-electron chi connectivity index (χ1n) is 12.1. The molecule has 3 aromatic carbocycles. The molecular weight excluding hydrogens is 507 g/mol. The SMILES string of the molecule is COc1ccc(C(=O)N2CCN(c3ccccc3OC)CC2)cc1Oc1nc(Cc2ccc(F)cc2)ns1. The number of nitrogens with zero attached hydrogens (tertiary/aromatic N) is 4. The van der Waals surface area contributed by atoms with Crippen molar-refractivity contribution in [3.05, 3.63) is 89.5 Å². The zero-order valence-electron chi connectivity index (χ0n) is 21.1. The van der Waals surface area contributed by atoms with Crippen molar-refractivity contribution in [2.75, 3.05) is 45.3 Å². The summed E-state index contributed by atoms with van der Waals surface area (Å²) in [4.78, 5) is 21.8. The highest BCUT2D eigenvalue weighted by Gasteiger charge is 2.25. The lowest BCUT2D eigenvalue weighted by Crippen LogP contribution is -2.48. The fraction of sp³-hybridized carbons (Fsp3) is 0.250. The average Bonchev–Trinajstić information content (AvgIpc) is 3.40. The average molecular weight is 535 g/mol. The first-order valence-corrected chi connectivity index (χ1v) is 12.9. The molecule has 1 fully saturated rings. The minimum Gasteiger partial charge on any atom is -0.495 e. The van der Waals surface area contributed by atoms with Crippen molar-refractivity contribution in [2.24, 2.45) is 0 Å². The summed E-state index contributed by atoms with van der Waals surface area (Å²) < 4.78 is 34.4. The Kier molecular flexibility index (Phi) is 7.69. The predicted molar refractivity (Wildman–Crippen MR) is 143 cm³/mol. The Labute approximate surface area is 224 Å². The van der Waals surface area contributed by atoms with Gasteiger partial charge in [-0.15, -0.1) is 0 Å². The second-order valence-electron chi connectivity index (χ2n) is 8.70. The third-order valence-electron chi connectivity index (χ3n) is 6.33. The number of benzene rings is 3. The Morgan fingerprint density at radius 3 is 2.39 bits per heavy atom. The number of para-hydroxylation sites is 2. The normalized spacial score (nSPS) is 13.3. The van der Waals surface area contributed by atoms with Crippen molar-refractivity contribution in [3.63, 3.8) is 0 Å². The maximum absolute atomic E-state index is 13.3. The van der Waals surface area contributed by atoms with Crippen LogP contribution in [0.1, 0.15) is 21.7 Å². The number of carbonyl (C=O) groups is 1. The largest absolute Gasteiger partial charge is 0.495 e. The molecule has 0 N–H and O–H groups in total. The van der Waals surface area contributed by atoms with Crippen LogP contribution in [0.15, 0.2) is 66.7 Å².